The van der Waals surface area contributed by atoms with Crippen molar-refractivity contribution >= 4 is 5.97 Å². The molecule has 42 heavy (non-hydrogen) atoms. The lowest BCUT2D eigenvalue weighted by molar-refractivity contribution is -0.148. The van der Waals surface area contributed by atoms with Crippen LogP contribution in [0.15, 0.2) is 0 Å². The van der Waals surface area contributed by atoms with E-state index in [0.717, 1.165) is 83.8 Å². The fourth-order valence-electron chi connectivity index (χ4n) is 7.01. The number of hydrogen-bond acceptors (Lipinski definition) is 4. The number of ether oxygens (including phenoxy) is 3. The van der Waals surface area contributed by atoms with Crippen molar-refractivity contribution in [2.45, 2.75) is 161 Å². The Morgan fingerprint density at radius 1 is 0.571 bits per heavy atom. The lowest BCUT2D eigenvalue weighted by atomic mass is 9.74. The molecule has 0 spiro atoms. The molecular formula is C38H62O4. The summed E-state index contributed by atoms with van der Waals surface area (Å²) in [7, 11) is 1.51. The maximum Gasteiger partial charge on any atom is 0.309 e. The molecule has 3 rings (SSSR count). The van der Waals surface area contributed by atoms with Gasteiger partial charge in [0.05, 0.1) is 25.2 Å². The number of carbonyl (C=O) groups is 1. The average Bonchev–Trinajstić information content (AvgIpc) is 3.03. The Morgan fingerprint density at radius 3 is 1.52 bits per heavy atom. The van der Waals surface area contributed by atoms with Gasteiger partial charge in [-0.2, -0.15) is 0 Å². The van der Waals surface area contributed by atoms with E-state index in [1.54, 1.807) is 0 Å². The first-order chi connectivity index (χ1) is 20.6. The Morgan fingerprint density at radius 2 is 1.02 bits per heavy atom. The molecule has 3 aliphatic rings. The van der Waals surface area contributed by atoms with Crippen LogP contribution in [0.3, 0.4) is 0 Å². The van der Waals surface area contributed by atoms with E-state index in [0.29, 0.717) is 24.0 Å². The second-order valence-corrected chi connectivity index (χ2v) is 13.3. The highest BCUT2D eigenvalue weighted by Gasteiger charge is 2.35. The van der Waals surface area contributed by atoms with Crippen molar-refractivity contribution in [3.8, 4) is 23.7 Å². The minimum Gasteiger partial charge on any atom is -0.469 e. The molecule has 0 aliphatic heterocycles. The summed E-state index contributed by atoms with van der Waals surface area (Å²) in [4.78, 5) is 12.7. The van der Waals surface area contributed by atoms with Crippen LogP contribution in [0, 0.1) is 53.3 Å². The lowest BCUT2D eigenvalue weighted by Crippen LogP contribution is -2.31. The van der Waals surface area contributed by atoms with Crippen LogP contribution in [0.25, 0.3) is 0 Å². The van der Waals surface area contributed by atoms with Crippen LogP contribution >= 0.6 is 0 Å². The third-order valence-corrected chi connectivity index (χ3v) is 9.87. The van der Waals surface area contributed by atoms with Gasteiger partial charge in [0.1, 0.15) is 0 Å². The van der Waals surface area contributed by atoms with Gasteiger partial charge in [-0.25, -0.2) is 0 Å². The van der Waals surface area contributed by atoms with E-state index in [4.69, 9.17) is 14.2 Å². The summed E-state index contributed by atoms with van der Waals surface area (Å²) in [6.45, 7) is 6.34. The van der Waals surface area contributed by atoms with E-state index >= 15 is 0 Å². The summed E-state index contributed by atoms with van der Waals surface area (Å²) in [6, 6.07) is 0. The molecule has 0 aromatic rings. The number of hydrogen-bond donors (Lipinski definition) is 0. The van der Waals surface area contributed by atoms with E-state index in [9.17, 15) is 4.79 Å². The molecule has 0 aromatic heterocycles. The Labute approximate surface area is 259 Å². The van der Waals surface area contributed by atoms with Gasteiger partial charge in [-0.05, 0) is 83.5 Å². The zero-order valence-electron chi connectivity index (χ0n) is 27.4. The normalized spacial score (nSPS) is 29.5. The second-order valence-electron chi connectivity index (χ2n) is 13.3. The Kier molecular flexibility index (Phi) is 17.7. The summed E-state index contributed by atoms with van der Waals surface area (Å²) in [5, 5.41) is 0. The molecule has 4 heteroatoms. The summed E-state index contributed by atoms with van der Waals surface area (Å²) in [5.41, 5.74) is 0. The highest BCUT2D eigenvalue weighted by Crippen LogP contribution is 2.35. The first kappa shape index (κ1) is 35.0. The van der Waals surface area contributed by atoms with E-state index in [-0.39, 0.29) is 23.7 Å². The molecule has 0 bridgehead atoms. The van der Waals surface area contributed by atoms with Crippen LogP contribution in [0.2, 0.25) is 0 Å². The Bertz CT molecular complexity index is 844. The molecule has 0 amide bonds. The van der Waals surface area contributed by atoms with Gasteiger partial charge in [-0.3, -0.25) is 4.79 Å². The minimum absolute atomic E-state index is 0.0992. The summed E-state index contributed by atoms with van der Waals surface area (Å²) >= 11 is 0. The van der Waals surface area contributed by atoms with Crippen molar-refractivity contribution in [2.75, 3.05) is 20.3 Å². The third-order valence-electron chi connectivity index (χ3n) is 9.87. The number of rotatable bonds is 15. The first-order valence-electron chi connectivity index (χ1n) is 18.0. The van der Waals surface area contributed by atoms with Gasteiger partial charge in [0.15, 0.2) is 0 Å². The molecule has 3 unspecified atom stereocenters. The predicted octanol–water partition coefficient (Wildman–Crippen LogP) is 9.29. The van der Waals surface area contributed by atoms with Gasteiger partial charge in [0, 0.05) is 36.9 Å². The first-order valence-corrected chi connectivity index (χ1v) is 18.0. The zero-order valence-corrected chi connectivity index (χ0v) is 27.4. The molecule has 238 valence electrons. The van der Waals surface area contributed by atoms with Crippen molar-refractivity contribution in [1.29, 1.82) is 0 Å². The monoisotopic (exact) mass is 582 g/mol. The number of esters is 1. The van der Waals surface area contributed by atoms with Crippen LogP contribution in [0.4, 0.5) is 0 Å². The van der Waals surface area contributed by atoms with Crippen molar-refractivity contribution in [2.24, 2.45) is 29.6 Å². The van der Waals surface area contributed by atoms with Gasteiger partial charge >= 0.3 is 5.97 Å². The molecule has 4 nitrogen and oxygen atoms in total. The molecule has 0 saturated heterocycles. The summed E-state index contributed by atoms with van der Waals surface area (Å²) in [6.07, 6.45) is 25.5. The molecule has 3 aliphatic carbocycles. The SMILES string of the molecule is CCCCCCCOC1CCC(C#CC2CCC(C#CC3CCC(OCCCCCCC)CC3)C(C(=O)OC)C2)CC1. The van der Waals surface area contributed by atoms with Crippen molar-refractivity contribution in [1.82, 2.24) is 0 Å². The molecule has 3 fully saturated rings. The molecule has 0 N–H and O–H groups in total. The minimum atomic E-state index is -0.149. The highest BCUT2D eigenvalue weighted by atomic mass is 16.5. The molecule has 3 atom stereocenters. The summed E-state index contributed by atoms with van der Waals surface area (Å²) < 4.78 is 17.5. The average molecular weight is 583 g/mol. The van der Waals surface area contributed by atoms with Gasteiger partial charge in [-0.1, -0.05) is 88.9 Å². The zero-order chi connectivity index (χ0) is 29.8. The molecule has 3 saturated carbocycles. The molecular weight excluding hydrogens is 520 g/mol. The van der Waals surface area contributed by atoms with Crippen LogP contribution in [-0.4, -0.2) is 38.5 Å². The summed E-state index contributed by atoms with van der Waals surface area (Å²) in [5.74, 6) is 15.4. The lowest BCUT2D eigenvalue weighted by Gasteiger charge is -2.30. The maximum atomic E-state index is 12.7. The Balaban J connectivity index is 1.36. The number of unbranched alkanes of at least 4 members (excludes halogenated alkanes) is 8. The fourth-order valence-corrected chi connectivity index (χ4v) is 7.01. The van der Waals surface area contributed by atoms with E-state index in [1.807, 2.05) is 0 Å². The topological polar surface area (TPSA) is 44.8 Å². The van der Waals surface area contributed by atoms with Crippen molar-refractivity contribution in [3.05, 3.63) is 0 Å². The van der Waals surface area contributed by atoms with Gasteiger partial charge < -0.3 is 14.2 Å². The fraction of sp³-hybridized carbons (Fsp3) is 0.868. The van der Waals surface area contributed by atoms with Gasteiger partial charge in [-0.15, -0.1) is 0 Å². The van der Waals surface area contributed by atoms with E-state index in [2.05, 4.69) is 37.5 Å². The van der Waals surface area contributed by atoms with E-state index in [1.165, 1.54) is 71.3 Å². The van der Waals surface area contributed by atoms with Crippen molar-refractivity contribution in [3.63, 3.8) is 0 Å². The molecule has 0 aromatic carbocycles. The van der Waals surface area contributed by atoms with Gasteiger partial charge in [0.25, 0.3) is 0 Å². The largest absolute Gasteiger partial charge is 0.469 e. The third kappa shape index (κ3) is 13.4. The molecule has 0 radical (unpaired) electrons. The molecule has 0 heterocycles. The quantitative estimate of drug-likeness (QED) is 0.110. The van der Waals surface area contributed by atoms with Crippen molar-refractivity contribution < 1.29 is 19.0 Å². The van der Waals surface area contributed by atoms with Crippen LogP contribution < -0.4 is 0 Å². The highest BCUT2D eigenvalue weighted by molar-refractivity contribution is 5.73. The number of carbonyl (C=O) groups excluding carboxylic acids is 1. The standard InChI is InChI=1S/C38H62O4/c1-4-6-8-10-12-28-41-35-24-18-31(19-25-35)14-15-33-17-23-34(37(30-33)38(39)40-3)22-16-32-20-26-36(27-21-32)42-29-13-11-9-7-5-2/h31-37H,4-13,17-21,23-30H2,1-3H3. The van der Waals surface area contributed by atoms with Gasteiger partial charge in [0.2, 0.25) is 0 Å². The van der Waals surface area contributed by atoms with Crippen LogP contribution in [-0.2, 0) is 19.0 Å². The Hall–Kier alpha value is -1.49. The predicted molar refractivity (Wildman–Crippen MR) is 173 cm³/mol. The van der Waals surface area contributed by atoms with Crippen LogP contribution in [0.1, 0.15) is 149 Å². The number of methoxy groups -OCH3 is 1. The van der Waals surface area contributed by atoms with E-state index < -0.39 is 0 Å². The maximum absolute atomic E-state index is 12.7. The smallest absolute Gasteiger partial charge is 0.309 e. The second kappa shape index (κ2) is 21.3. The van der Waals surface area contributed by atoms with Crippen LogP contribution in [0.5, 0.6) is 0 Å².